The maximum atomic E-state index is 5.55. The Balaban J connectivity index is 2.91. The summed E-state index contributed by atoms with van der Waals surface area (Å²) in [5.74, 6) is 0.588. The Kier molecular flexibility index (Phi) is 3.49. The van der Waals surface area contributed by atoms with E-state index in [1.54, 1.807) is 0 Å². The van der Waals surface area contributed by atoms with Crippen molar-refractivity contribution in [1.29, 1.82) is 0 Å². The molecule has 0 heterocycles. The standard InChI is InChI=1S/C12H19N/c1-9-4-5-10(2)12(8-9)11(3)6-7-13/h4-5,8,11H,6-7,13H2,1-3H3. The van der Waals surface area contributed by atoms with Gasteiger partial charge in [-0.1, -0.05) is 30.7 Å². The van der Waals surface area contributed by atoms with Crippen LogP contribution in [0.2, 0.25) is 0 Å². The third kappa shape index (κ3) is 2.56. The molecule has 1 atom stereocenters. The van der Waals surface area contributed by atoms with Gasteiger partial charge in [-0.3, -0.25) is 0 Å². The van der Waals surface area contributed by atoms with E-state index in [2.05, 4.69) is 39.0 Å². The van der Waals surface area contributed by atoms with E-state index in [1.165, 1.54) is 16.7 Å². The summed E-state index contributed by atoms with van der Waals surface area (Å²) in [4.78, 5) is 0. The van der Waals surface area contributed by atoms with Crippen LogP contribution in [-0.2, 0) is 0 Å². The third-order valence-corrected chi connectivity index (χ3v) is 2.57. The van der Waals surface area contributed by atoms with Crippen LogP contribution in [0.5, 0.6) is 0 Å². The highest BCUT2D eigenvalue weighted by atomic mass is 14.5. The van der Waals surface area contributed by atoms with Gasteiger partial charge in [0.05, 0.1) is 0 Å². The number of benzene rings is 1. The van der Waals surface area contributed by atoms with Gasteiger partial charge in [0, 0.05) is 0 Å². The van der Waals surface area contributed by atoms with Crippen LogP contribution in [-0.4, -0.2) is 6.54 Å². The Morgan fingerprint density at radius 1 is 1.31 bits per heavy atom. The maximum absolute atomic E-state index is 5.55. The van der Waals surface area contributed by atoms with Crippen molar-refractivity contribution >= 4 is 0 Å². The van der Waals surface area contributed by atoms with Crippen molar-refractivity contribution in [2.45, 2.75) is 33.1 Å². The van der Waals surface area contributed by atoms with Gasteiger partial charge >= 0.3 is 0 Å². The summed E-state index contributed by atoms with van der Waals surface area (Å²) < 4.78 is 0. The van der Waals surface area contributed by atoms with Crippen molar-refractivity contribution in [1.82, 2.24) is 0 Å². The molecule has 2 N–H and O–H groups in total. The van der Waals surface area contributed by atoms with Gasteiger partial charge in [0.1, 0.15) is 0 Å². The Morgan fingerprint density at radius 2 is 2.00 bits per heavy atom. The molecule has 0 aliphatic heterocycles. The summed E-state index contributed by atoms with van der Waals surface area (Å²) in [6.45, 7) is 7.32. The van der Waals surface area contributed by atoms with E-state index < -0.39 is 0 Å². The first kappa shape index (κ1) is 10.3. The normalized spacial score (nSPS) is 12.9. The van der Waals surface area contributed by atoms with Gasteiger partial charge in [-0.05, 0) is 43.9 Å². The molecule has 0 fully saturated rings. The number of rotatable bonds is 3. The van der Waals surface area contributed by atoms with E-state index in [-0.39, 0.29) is 0 Å². The smallest absolute Gasteiger partial charge is 0.00715 e. The van der Waals surface area contributed by atoms with Gasteiger partial charge in [0.15, 0.2) is 0 Å². The number of aryl methyl sites for hydroxylation is 2. The zero-order valence-corrected chi connectivity index (χ0v) is 8.80. The topological polar surface area (TPSA) is 26.0 Å². The van der Waals surface area contributed by atoms with E-state index in [0.29, 0.717) is 5.92 Å². The molecule has 0 saturated carbocycles. The molecule has 0 bridgehead atoms. The summed E-state index contributed by atoms with van der Waals surface area (Å²) in [5, 5.41) is 0. The molecule has 1 aromatic carbocycles. The van der Waals surface area contributed by atoms with Crippen molar-refractivity contribution in [3.05, 3.63) is 34.9 Å². The van der Waals surface area contributed by atoms with Crippen LogP contribution in [0.4, 0.5) is 0 Å². The van der Waals surface area contributed by atoms with Crippen molar-refractivity contribution in [3.8, 4) is 0 Å². The van der Waals surface area contributed by atoms with E-state index in [9.17, 15) is 0 Å². The molecule has 0 amide bonds. The molecule has 1 rings (SSSR count). The molecular formula is C12H19N. The lowest BCUT2D eigenvalue weighted by Crippen LogP contribution is -2.05. The molecule has 1 nitrogen and oxygen atoms in total. The third-order valence-electron chi connectivity index (χ3n) is 2.57. The molecule has 1 aromatic rings. The minimum Gasteiger partial charge on any atom is -0.330 e. The van der Waals surface area contributed by atoms with Crippen LogP contribution in [0.1, 0.15) is 36.0 Å². The second-order valence-electron chi connectivity index (χ2n) is 3.84. The Morgan fingerprint density at radius 3 is 2.62 bits per heavy atom. The van der Waals surface area contributed by atoms with E-state index >= 15 is 0 Å². The van der Waals surface area contributed by atoms with Gasteiger partial charge in [-0.2, -0.15) is 0 Å². The summed E-state index contributed by atoms with van der Waals surface area (Å²) in [5.41, 5.74) is 9.72. The fourth-order valence-corrected chi connectivity index (χ4v) is 1.70. The number of hydrogen-bond donors (Lipinski definition) is 1. The highest BCUT2D eigenvalue weighted by Crippen LogP contribution is 2.22. The van der Waals surface area contributed by atoms with Crippen LogP contribution < -0.4 is 5.73 Å². The van der Waals surface area contributed by atoms with Crippen molar-refractivity contribution in [2.24, 2.45) is 5.73 Å². The van der Waals surface area contributed by atoms with Crippen molar-refractivity contribution in [2.75, 3.05) is 6.54 Å². The van der Waals surface area contributed by atoms with Crippen LogP contribution in [0.3, 0.4) is 0 Å². The second-order valence-corrected chi connectivity index (χ2v) is 3.84. The molecule has 0 aromatic heterocycles. The zero-order valence-electron chi connectivity index (χ0n) is 8.80. The lowest BCUT2D eigenvalue weighted by Gasteiger charge is -2.14. The quantitative estimate of drug-likeness (QED) is 0.755. The summed E-state index contributed by atoms with van der Waals surface area (Å²) >= 11 is 0. The number of nitrogens with two attached hydrogens (primary N) is 1. The van der Waals surface area contributed by atoms with Crippen LogP contribution in [0.15, 0.2) is 18.2 Å². The predicted molar refractivity (Wildman–Crippen MR) is 58.0 cm³/mol. The first-order valence-electron chi connectivity index (χ1n) is 4.92. The Hall–Kier alpha value is -0.820. The van der Waals surface area contributed by atoms with Gasteiger partial charge in [-0.15, -0.1) is 0 Å². The average molecular weight is 177 g/mol. The van der Waals surface area contributed by atoms with Crippen LogP contribution in [0.25, 0.3) is 0 Å². The van der Waals surface area contributed by atoms with E-state index in [4.69, 9.17) is 5.73 Å². The Bertz CT molecular complexity index is 278. The average Bonchev–Trinajstić information content (AvgIpc) is 2.09. The molecule has 0 spiro atoms. The minimum atomic E-state index is 0.588. The predicted octanol–water partition coefficient (Wildman–Crippen LogP) is 2.76. The van der Waals surface area contributed by atoms with Gasteiger partial charge in [-0.25, -0.2) is 0 Å². The lowest BCUT2D eigenvalue weighted by molar-refractivity contribution is 0.685. The van der Waals surface area contributed by atoms with Gasteiger partial charge in [0.2, 0.25) is 0 Å². The fraction of sp³-hybridized carbons (Fsp3) is 0.500. The Labute approximate surface area is 81.0 Å². The largest absolute Gasteiger partial charge is 0.330 e. The zero-order chi connectivity index (χ0) is 9.84. The van der Waals surface area contributed by atoms with Gasteiger partial charge in [0.25, 0.3) is 0 Å². The number of hydrogen-bond acceptors (Lipinski definition) is 1. The summed E-state index contributed by atoms with van der Waals surface area (Å²) in [6, 6.07) is 6.63. The van der Waals surface area contributed by atoms with Crippen LogP contribution in [0, 0.1) is 13.8 Å². The molecule has 1 unspecified atom stereocenters. The lowest BCUT2D eigenvalue weighted by atomic mass is 9.92. The van der Waals surface area contributed by atoms with E-state index in [0.717, 1.165) is 13.0 Å². The fourth-order valence-electron chi connectivity index (χ4n) is 1.70. The van der Waals surface area contributed by atoms with Crippen LogP contribution >= 0.6 is 0 Å². The van der Waals surface area contributed by atoms with E-state index in [1.807, 2.05) is 0 Å². The second kappa shape index (κ2) is 4.43. The molecular weight excluding hydrogens is 158 g/mol. The van der Waals surface area contributed by atoms with Crippen molar-refractivity contribution in [3.63, 3.8) is 0 Å². The molecule has 1 heteroatoms. The first-order valence-corrected chi connectivity index (χ1v) is 4.92. The van der Waals surface area contributed by atoms with Crippen molar-refractivity contribution < 1.29 is 0 Å². The highest BCUT2D eigenvalue weighted by molar-refractivity contribution is 5.32. The highest BCUT2D eigenvalue weighted by Gasteiger charge is 2.07. The molecule has 72 valence electrons. The van der Waals surface area contributed by atoms with Gasteiger partial charge < -0.3 is 5.73 Å². The molecule has 0 saturated heterocycles. The minimum absolute atomic E-state index is 0.588. The molecule has 0 radical (unpaired) electrons. The SMILES string of the molecule is Cc1ccc(C)c(C(C)CCN)c1. The molecule has 13 heavy (non-hydrogen) atoms. The summed E-state index contributed by atoms with van der Waals surface area (Å²) in [7, 11) is 0. The maximum Gasteiger partial charge on any atom is -0.00715 e. The summed E-state index contributed by atoms with van der Waals surface area (Å²) in [6.07, 6.45) is 1.07. The molecule has 0 aliphatic carbocycles. The first-order chi connectivity index (χ1) is 6.15. The monoisotopic (exact) mass is 177 g/mol. The molecule has 0 aliphatic rings.